The highest BCUT2D eigenvalue weighted by atomic mass is 79.9. The molecule has 0 amide bonds. The summed E-state index contributed by atoms with van der Waals surface area (Å²) in [5.74, 6) is -1.71. The first-order valence-corrected chi connectivity index (χ1v) is 8.68. The molecule has 1 fully saturated rings. The molecule has 0 radical (unpaired) electrons. The monoisotopic (exact) mass is 383 g/mol. The number of nitrogens with zero attached hydrogens (tertiary/aromatic N) is 1. The van der Waals surface area contributed by atoms with Crippen LogP contribution in [0.4, 0.5) is 8.78 Å². The first kappa shape index (κ1) is 16.8. The predicted molar refractivity (Wildman–Crippen MR) is 77.4 cm³/mol. The lowest BCUT2D eigenvalue weighted by Gasteiger charge is -2.35. The zero-order valence-corrected chi connectivity index (χ0v) is 14.0. The first-order chi connectivity index (χ1) is 9.77. The molecular formula is C13H16BrF2NO3S. The van der Waals surface area contributed by atoms with E-state index >= 15 is 0 Å². The third-order valence-corrected chi connectivity index (χ3v) is 6.55. The highest BCUT2D eigenvalue weighted by Gasteiger charge is 2.36. The van der Waals surface area contributed by atoms with Gasteiger partial charge in [-0.1, -0.05) is 6.92 Å². The smallest absolute Gasteiger partial charge is 0.247 e. The van der Waals surface area contributed by atoms with E-state index in [-0.39, 0.29) is 29.6 Å². The average molecular weight is 384 g/mol. The van der Waals surface area contributed by atoms with Gasteiger partial charge in [-0.05, 0) is 34.3 Å². The van der Waals surface area contributed by atoms with Gasteiger partial charge in [-0.2, -0.15) is 4.31 Å². The van der Waals surface area contributed by atoms with Gasteiger partial charge in [-0.3, -0.25) is 0 Å². The Balaban J connectivity index is 2.39. The van der Waals surface area contributed by atoms with Crippen molar-refractivity contribution in [1.29, 1.82) is 0 Å². The Morgan fingerprint density at radius 2 is 2.05 bits per heavy atom. The van der Waals surface area contributed by atoms with Crippen molar-refractivity contribution in [1.82, 2.24) is 4.31 Å². The van der Waals surface area contributed by atoms with Crippen LogP contribution in [0.15, 0.2) is 21.5 Å². The number of piperidine rings is 1. The molecule has 2 unspecified atom stereocenters. The summed E-state index contributed by atoms with van der Waals surface area (Å²) in [6.07, 6.45) is 0.383. The first-order valence-electron chi connectivity index (χ1n) is 6.45. The molecule has 2 atom stereocenters. The van der Waals surface area contributed by atoms with Crippen molar-refractivity contribution in [2.24, 2.45) is 5.92 Å². The van der Waals surface area contributed by atoms with E-state index in [1.54, 1.807) is 0 Å². The molecule has 1 aliphatic heterocycles. The second-order valence-electron chi connectivity index (χ2n) is 5.10. The van der Waals surface area contributed by atoms with Crippen molar-refractivity contribution < 1.29 is 21.9 Å². The van der Waals surface area contributed by atoms with Gasteiger partial charge in [0, 0.05) is 30.7 Å². The summed E-state index contributed by atoms with van der Waals surface area (Å²) in [5, 5.41) is 0. The molecule has 1 heterocycles. The second-order valence-corrected chi connectivity index (χ2v) is 7.83. The minimum atomic E-state index is -4.04. The summed E-state index contributed by atoms with van der Waals surface area (Å²) in [5.41, 5.74) is 0. The number of ether oxygens (including phenoxy) is 1. The molecule has 1 aliphatic rings. The lowest BCUT2D eigenvalue weighted by molar-refractivity contribution is 0.0183. The van der Waals surface area contributed by atoms with Crippen LogP contribution in [-0.4, -0.2) is 39.0 Å². The predicted octanol–water partition coefficient (Wildman–Crippen LogP) is 2.77. The summed E-state index contributed by atoms with van der Waals surface area (Å²) < 4.78 is 58.5. The van der Waals surface area contributed by atoms with Crippen LogP contribution in [0.2, 0.25) is 0 Å². The van der Waals surface area contributed by atoms with Crippen LogP contribution in [0.5, 0.6) is 0 Å². The minimum absolute atomic E-state index is 0.118. The highest BCUT2D eigenvalue weighted by Crippen LogP contribution is 2.31. The Labute approximate surface area is 131 Å². The van der Waals surface area contributed by atoms with E-state index in [0.717, 1.165) is 6.07 Å². The minimum Gasteiger partial charge on any atom is -0.380 e. The van der Waals surface area contributed by atoms with E-state index in [4.69, 9.17) is 4.74 Å². The van der Waals surface area contributed by atoms with E-state index in [2.05, 4.69) is 15.9 Å². The molecule has 0 aliphatic carbocycles. The van der Waals surface area contributed by atoms with Gasteiger partial charge in [0.25, 0.3) is 0 Å². The number of rotatable bonds is 3. The van der Waals surface area contributed by atoms with Gasteiger partial charge in [-0.15, -0.1) is 0 Å². The summed E-state index contributed by atoms with van der Waals surface area (Å²) >= 11 is 2.93. The standard InChI is InChI=1S/C13H16BrF2NO3S/c1-8-3-4-17(7-12(8)20-2)21(18,19)13-10(14)5-9(15)6-11(13)16/h5-6,8,12H,3-4,7H2,1-2H3. The van der Waals surface area contributed by atoms with Crippen LogP contribution >= 0.6 is 15.9 Å². The number of hydrogen-bond donors (Lipinski definition) is 0. The number of methoxy groups -OCH3 is 1. The Kier molecular flexibility index (Phi) is 5.02. The fourth-order valence-corrected chi connectivity index (χ4v) is 5.01. The summed E-state index contributed by atoms with van der Waals surface area (Å²) in [4.78, 5) is -0.534. The molecular weight excluding hydrogens is 368 g/mol. The van der Waals surface area contributed by atoms with Crippen molar-refractivity contribution >= 4 is 26.0 Å². The van der Waals surface area contributed by atoms with Gasteiger partial charge in [0.15, 0.2) is 0 Å². The van der Waals surface area contributed by atoms with Crippen LogP contribution in [0.3, 0.4) is 0 Å². The fourth-order valence-electron chi connectivity index (χ4n) is 2.44. The Bertz CT molecular complexity index is 615. The van der Waals surface area contributed by atoms with Crippen molar-refractivity contribution in [2.45, 2.75) is 24.3 Å². The zero-order chi connectivity index (χ0) is 15.8. The Morgan fingerprint density at radius 1 is 1.38 bits per heavy atom. The maximum atomic E-state index is 13.9. The van der Waals surface area contributed by atoms with Gasteiger partial charge in [0.2, 0.25) is 10.0 Å². The molecule has 0 bridgehead atoms. The molecule has 118 valence electrons. The van der Waals surface area contributed by atoms with Crippen LogP contribution < -0.4 is 0 Å². The molecule has 1 aromatic carbocycles. The molecule has 1 saturated heterocycles. The van der Waals surface area contributed by atoms with E-state index in [9.17, 15) is 17.2 Å². The maximum Gasteiger partial charge on any atom is 0.247 e. The maximum absolute atomic E-state index is 13.9. The lowest BCUT2D eigenvalue weighted by Crippen LogP contribution is -2.46. The van der Waals surface area contributed by atoms with Gasteiger partial charge in [-0.25, -0.2) is 17.2 Å². The highest BCUT2D eigenvalue weighted by molar-refractivity contribution is 9.10. The Hall–Kier alpha value is -0.570. The molecule has 8 heteroatoms. The van der Waals surface area contributed by atoms with Crippen LogP contribution in [0.25, 0.3) is 0 Å². The second kappa shape index (κ2) is 6.28. The van der Waals surface area contributed by atoms with Crippen molar-refractivity contribution in [3.63, 3.8) is 0 Å². The molecule has 0 saturated carbocycles. The quantitative estimate of drug-likeness (QED) is 0.805. The van der Waals surface area contributed by atoms with Gasteiger partial charge in [0.1, 0.15) is 16.5 Å². The van der Waals surface area contributed by atoms with Crippen molar-refractivity contribution in [2.75, 3.05) is 20.2 Å². The number of halogens is 3. The normalized spacial score (nSPS) is 24.2. The van der Waals surface area contributed by atoms with E-state index in [1.165, 1.54) is 11.4 Å². The van der Waals surface area contributed by atoms with Crippen LogP contribution in [0, 0.1) is 17.6 Å². The number of hydrogen-bond acceptors (Lipinski definition) is 3. The molecule has 0 aromatic heterocycles. The Morgan fingerprint density at radius 3 is 2.62 bits per heavy atom. The third-order valence-electron chi connectivity index (χ3n) is 3.72. The number of benzene rings is 1. The lowest BCUT2D eigenvalue weighted by atomic mass is 9.97. The third kappa shape index (κ3) is 3.28. The zero-order valence-electron chi connectivity index (χ0n) is 11.6. The van der Waals surface area contributed by atoms with E-state index in [0.29, 0.717) is 12.5 Å². The summed E-state index contributed by atoms with van der Waals surface area (Å²) in [6.45, 7) is 2.42. The van der Waals surface area contributed by atoms with Crippen LogP contribution in [-0.2, 0) is 14.8 Å². The van der Waals surface area contributed by atoms with E-state index in [1.807, 2.05) is 6.92 Å². The molecule has 1 aromatic rings. The largest absolute Gasteiger partial charge is 0.380 e. The summed E-state index contributed by atoms with van der Waals surface area (Å²) in [7, 11) is -2.52. The molecule has 21 heavy (non-hydrogen) atoms. The van der Waals surface area contributed by atoms with Gasteiger partial charge >= 0.3 is 0 Å². The van der Waals surface area contributed by atoms with E-state index < -0.39 is 26.6 Å². The average Bonchev–Trinajstić information content (AvgIpc) is 2.37. The SMILES string of the molecule is COC1CN(S(=O)(=O)c2c(F)cc(F)cc2Br)CCC1C. The van der Waals surface area contributed by atoms with Crippen molar-refractivity contribution in [3.05, 3.63) is 28.2 Å². The molecule has 2 rings (SSSR count). The fraction of sp³-hybridized carbons (Fsp3) is 0.538. The van der Waals surface area contributed by atoms with Gasteiger partial charge < -0.3 is 4.74 Å². The molecule has 4 nitrogen and oxygen atoms in total. The summed E-state index contributed by atoms with van der Waals surface area (Å²) in [6, 6.07) is 1.51. The van der Waals surface area contributed by atoms with Gasteiger partial charge in [0.05, 0.1) is 6.10 Å². The number of sulfonamides is 1. The van der Waals surface area contributed by atoms with Crippen molar-refractivity contribution in [3.8, 4) is 0 Å². The molecule has 0 N–H and O–H groups in total. The topological polar surface area (TPSA) is 46.6 Å². The molecule has 0 spiro atoms. The van der Waals surface area contributed by atoms with Crippen LogP contribution in [0.1, 0.15) is 13.3 Å².